The van der Waals surface area contributed by atoms with Crippen molar-refractivity contribution in [1.82, 2.24) is 0 Å². The highest BCUT2D eigenvalue weighted by atomic mass is 16.5. The standard InChI is InChI=1S/C24H27NO5/c1-15-6-4-5-11-25(15)13-18-20(26)9-8-17-23(27)19(14-30-24(17)18)16-7-10-21(28-2)22(12-16)29-3/h7-10,12,14-15,26H,4-6,11,13H2,1-3H3/p+1/t15-/m1/s1. The molecule has 0 saturated carbocycles. The Morgan fingerprint density at radius 1 is 1.13 bits per heavy atom. The van der Waals surface area contributed by atoms with E-state index in [4.69, 9.17) is 13.9 Å². The van der Waals surface area contributed by atoms with Crippen molar-refractivity contribution in [3.05, 3.63) is 52.4 Å². The second-order valence-corrected chi connectivity index (χ2v) is 7.97. The van der Waals surface area contributed by atoms with Crippen molar-refractivity contribution < 1.29 is 23.9 Å². The highest BCUT2D eigenvalue weighted by Crippen LogP contribution is 2.33. The summed E-state index contributed by atoms with van der Waals surface area (Å²) in [5.41, 5.74) is 2.17. The van der Waals surface area contributed by atoms with Gasteiger partial charge in [-0.2, -0.15) is 0 Å². The van der Waals surface area contributed by atoms with E-state index in [-0.39, 0.29) is 11.2 Å². The molecule has 1 aromatic heterocycles. The normalized spacial score (nSPS) is 19.0. The van der Waals surface area contributed by atoms with E-state index in [9.17, 15) is 9.90 Å². The van der Waals surface area contributed by atoms with Gasteiger partial charge in [-0.05, 0) is 56.0 Å². The quantitative estimate of drug-likeness (QED) is 0.676. The zero-order valence-corrected chi connectivity index (χ0v) is 17.7. The second kappa shape index (κ2) is 8.40. The Balaban J connectivity index is 1.79. The van der Waals surface area contributed by atoms with E-state index in [2.05, 4.69) is 6.92 Å². The van der Waals surface area contributed by atoms with E-state index in [1.165, 1.54) is 30.4 Å². The van der Waals surface area contributed by atoms with Crippen LogP contribution in [0.15, 0.2) is 45.8 Å². The lowest BCUT2D eigenvalue weighted by molar-refractivity contribution is -0.941. The molecule has 6 heteroatoms. The van der Waals surface area contributed by atoms with Crippen molar-refractivity contribution in [2.45, 2.75) is 38.8 Å². The Hall–Kier alpha value is -2.99. The van der Waals surface area contributed by atoms with Gasteiger partial charge in [-0.1, -0.05) is 6.07 Å². The number of methoxy groups -OCH3 is 2. The Morgan fingerprint density at radius 2 is 1.93 bits per heavy atom. The Labute approximate surface area is 175 Å². The molecule has 158 valence electrons. The minimum atomic E-state index is -0.133. The number of aromatic hydroxyl groups is 1. The highest BCUT2D eigenvalue weighted by Gasteiger charge is 2.25. The van der Waals surface area contributed by atoms with Gasteiger partial charge in [-0.3, -0.25) is 4.79 Å². The number of piperidine rings is 1. The third kappa shape index (κ3) is 3.63. The van der Waals surface area contributed by atoms with Gasteiger partial charge in [0, 0.05) is 0 Å². The minimum Gasteiger partial charge on any atom is -0.507 e. The Morgan fingerprint density at radius 3 is 2.67 bits per heavy atom. The number of phenols is 1. The van der Waals surface area contributed by atoms with Crippen LogP contribution in [0.1, 0.15) is 31.7 Å². The number of quaternary nitrogens is 1. The summed E-state index contributed by atoms with van der Waals surface area (Å²) < 4.78 is 16.6. The first-order chi connectivity index (χ1) is 14.5. The molecule has 1 fully saturated rings. The maximum absolute atomic E-state index is 13.3. The van der Waals surface area contributed by atoms with E-state index in [0.717, 1.165) is 6.54 Å². The molecule has 1 aliphatic rings. The number of likely N-dealkylation sites (tertiary alicyclic amines) is 1. The van der Waals surface area contributed by atoms with Gasteiger partial charge in [0.25, 0.3) is 0 Å². The summed E-state index contributed by atoms with van der Waals surface area (Å²) in [5, 5.41) is 11.0. The first-order valence-electron chi connectivity index (χ1n) is 10.4. The van der Waals surface area contributed by atoms with Gasteiger partial charge in [-0.15, -0.1) is 0 Å². The molecular weight excluding hydrogens is 382 g/mol. The number of ether oxygens (including phenoxy) is 2. The first-order valence-corrected chi connectivity index (χ1v) is 10.4. The molecule has 1 saturated heterocycles. The van der Waals surface area contributed by atoms with Gasteiger partial charge in [-0.25, -0.2) is 0 Å². The number of hydrogen-bond donors (Lipinski definition) is 2. The zero-order valence-electron chi connectivity index (χ0n) is 17.7. The molecule has 6 nitrogen and oxygen atoms in total. The summed E-state index contributed by atoms with van der Waals surface area (Å²) in [5.74, 6) is 1.32. The fourth-order valence-electron chi connectivity index (χ4n) is 4.36. The zero-order chi connectivity index (χ0) is 21.3. The van der Waals surface area contributed by atoms with Crippen LogP contribution in [0.4, 0.5) is 0 Å². The summed E-state index contributed by atoms with van der Waals surface area (Å²) in [7, 11) is 3.13. The Kier molecular flexibility index (Phi) is 5.68. The van der Waals surface area contributed by atoms with Crippen LogP contribution in [-0.4, -0.2) is 31.9 Å². The van der Waals surface area contributed by atoms with E-state index in [1.54, 1.807) is 44.6 Å². The molecule has 0 aliphatic carbocycles. The molecule has 1 aliphatic heterocycles. The van der Waals surface area contributed by atoms with Crippen molar-refractivity contribution in [2.75, 3.05) is 20.8 Å². The van der Waals surface area contributed by atoms with E-state index in [0.29, 0.717) is 51.7 Å². The lowest BCUT2D eigenvalue weighted by atomic mass is 10.0. The summed E-state index contributed by atoms with van der Waals surface area (Å²) >= 11 is 0. The lowest BCUT2D eigenvalue weighted by Gasteiger charge is -2.30. The summed E-state index contributed by atoms with van der Waals surface area (Å²) in [4.78, 5) is 14.7. The molecule has 1 unspecified atom stereocenters. The lowest BCUT2D eigenvalue weighted by Crippen LogP contribution is -3.14. The molecular formula is C24H28NO5+. The fraction of sp³-hybridized carbons (Fsp3) is 0.375. The average molecular weight is 410 g/mol. The highest BCUT2D eigenvalue weighted by molar-refractivity contribution is 5.85. The number of rotatable bonds is 5. The van der Waals surface area contributed by atoms with E-state index in [1.807, 2.05) is 0 Å². The molecule has 0 radical (unpaired) electrons. The SMILES string of the molecule is COc1ccc(-c2coc3c(C[NH+]4CCCC[C@H]4C)c(O)ccc3c2=O)cc1OC. The summed E-state index contributed by atoms with van der Waals surface area (Å²) in [6.07, 6.45) is 5.08. The van der Waals surface area contributed by atoms with Crippen molar-refractivity contribution in [3.8, 4) is 28.4 Å². The van der Waals surface area contributed by atoms with Crippen LogP contribution in [0.25, 0.3) is 22.1 Å². The number of phenolic OH excluding ortho intramolecular Hbond substituents is 1. The van der Waals surface area contributed by atoms with Crippen LogP contribution < -0.4 is 19.8 Å². The minimum absolute atomic E-state index is 0.133. The number of benzene rings is 2. The van der Waals surface area contributed by atoms with E-state index >= 15 is 0 Å². The molecule has 2 aromatic carbocycles. The van der Waals surface area contributed by atoms with Crippen LogP contribution in [0.5, 0.6) is 17.2 Å². The first kappa shape index (κ1) is 20.3. The van der Waals surface area contributed by atoms with Crippen LogP contribution >= 0.6 is 0 Å². The number of nitrogens with one attached hydrogen (secondary N) is 1. The molecule has 4 rings (SSSR count). The molecule has 2 atom stereocenters. The Bertz CT molecular complexity index is 1120. The van der Waals surface area contributed by atoms with Crippen LogP contribution in [-0.2, 0) is 6.54 Å². The van der Waals surface area contributed by atoms with Crippen molar-refractivity contribution in [1.29, 1.82) is 0 Å². The second-order valence-electron chi connectivity index (χ2n) is 7.97. The predicted molar refractivity (Wildman–Crippen MR) is 116 cm³/mol. The fourth-order valence-corrected chi connectivity index (χ4v) is 4.36. The van der Waals surface area contributed by atoms with Crippen LogP contribution in [0, 0.1) is 0 Å². The van der Waals surface area contributed by atoms with Gasteiger partial charge < -0.3 is 23.9 Å². The predicted octanol–water partition coefficient (Wildman–Crippen LogP) is 3.14. The van der Waals surface area contributed by atoms with Crippen LogP contribution in [0.2, 0.25) is 0 Å². The third-order valence-corrected chi connectivity index (χ3v) is 6.20. The van der Waals surface area contributed by atoms with Gasteiger partial charge in [0.1, 0.15) is 24.1 Å². The molecule has 0 amide bonds. The van der Waals surface area contributed by atoms with Gasteiger partial charge in [0.15, 0.2) is 11.5 Å². The number of hydrogen-bond acceptors (Lipinski definition) is 5. The molecule has 2 heterocycles. The molecule has 0 bridgehead atoms. The molecule has 3 aromatic rings. The summed E-state index contributed by atoms with van der Waals surface area (Å²) in [6.45, 7) is 3.94. The van der Waals surface area contributed by atoms with Crippen molar-refractivity contribution in [2.24, 2.45) is 0 Å². The smallest absolute Gasteiger partial charge is 0.200 e. The van der Waals surface area contributed by atoms with E-state index < -0.39 is 0 Å². The third-order valence-electron chi connectivity index (χ3n) is 6.20. The van der Waals surface area contributed by atoms with Gasteiger partial charge >= 0.3 is 0 Å². The largest absolute Gasteiger partial charge is 0.507 e. The molecule has 30 heavy (non-hydrogen) atoms. The maximum atomic E-state index is 13.3. The topological polar surface area (TPSA) is 73.3 Å². The van der Waals surface area contributed by atoms with Crippen molar-refractivity contribution >= 4 is 11.0 Å². The van der Waals surface area contributed by atoms with Gasteiger partial charge in [0.2, 0.25) is 5.43 Å². The monoisotopic (exact) mass is 410 g/mol. The number of fused-ring (bicyclic) bond motifs is 1. The van der Waals surface area contributed by atoms with Gasteiger partial charge in [0.05, 0.1) is 43.3 Å². The molecule has 0 spiro atoms. The van der Waals surface area contributed by atoms with Crippen molar-refractivity contribution in [3.63, 3.8) is 0 Å². The maximum Gasteiger partial charge on any atom is 0.200 e. The molecule has 2 N–H and O–H groups in total. The average Bonchev–Trinajstić information content (AvgIpc) is 2.76. The van der Waals surface area contributed by atoms with Crippen LogP contribution in [0.3, 0.4) is 0 Å². The summed E-state index contributed by atoms with van der Waals surface area (Å²) in [6, 6.07) is 9.09.